The van der Waals surface area contributed by atoms with Crippen LogP contribution in [0.2, 0.25) is 0 Å². The number of hydrogen-bond acceptors (Lipinski definition) is 0. The van der Waals surface area contributed by atoms with Gasteiger partial charge in [-0.3, -0.25) is 0 Å². The molecule has 0 aromatic heterocycles. The third-order valence-electron chi connectivity index (χ3n) is 8.40. The van der Waals surface area contributed by atoms with Crippen LogP contribution in [0.4, 0.5) is 0 Å². The quantitative estimate of drug-likeness (QED) is 0.327. The highest BCUT2D eigenvalue weighted by atomic mass is 14.3. The third-order valence-corrected chi connectivity index (χ3v) is 8.40. The van der Waals surface area contributed by atoms with Crippen molar-refractivity contribution in [2.24, 2.45) is 23.7 Å². The summed E-state index contributed by atoms with van der Waals surface area (Å²) in [6.45, 7) is 4.57. The van der Waals surface area contributed by atoms with Crippen LogP contribution in [0.25, 0.3) is 0 Å². The molecule has 2 fully saturated rings. The summed E-state index contributed by atoms with van der Waals surface area (Å²) >= 11 is 0. The van der Waals surface area contributed by atoms with Crippen LogP contribution in [0.1, 0.15) is 121 Å². The molecule has 2 saturated carbocycles. The van der Waals surface area contributed by atoms with E-state index in [1.165, 1.54) is 76.2 Å². The lowest BCUT2D eigenvalue weighted by Gasteiger charge is -2.32. The molecule has 0 radical (unpaired) electrons. The summed E-state index contributed by atoms with van der Waals surface area (Å²) in [7, 11) is 0. The minimum absolute atomic E-state index is 0.996. The molecule has 0 atom stereocenters. The molecule has 1 aromatic rings. The molecule has 0 bridgehead atoms. The van der Waals surface area contributed by atoms with Crippen molar-refractivity contribution in [1.82, 2.24) is 0 Å². The van der Waals surface area contributed by atoms with Crippen molar-refractivity contribution < 1.29 is 0 Å². The predicted octanol–water partition coefficient (Wildman–Crippen LogP) is 9.15. The normalized spacial score (nSPS) is 27.8. The fourth-order valence-corrected chi connectivity index (χ4v) is 6.08. The SMILES string of the molecule is CCCCC[C@H]1CC[C@H](CC[C@H]2CC[C@H](CCc3ccc(CC)cc3)CC2)CC1. The Bertz CT molecular complexity index is 526. The van der Waals surface area contributed by atoms with Crippen LogP contribution in [-0.4, -0.2) is 0 Å². The minimum atomic E-state index is 0.996. The van der Waals surface area contributed by atoms with Gasteiger partial charge in [-0.1, -0.05) is 128 Å². The second-order valence-electron chi connectivity index (χ2n) is 10.6. The average molecular weight is 397 g/mol. The maximum atomic E-state index is 2.36. The van der Waals surface area contributed by atoms with Crippen molar-refractivity contribution in [2.75, 3.05) is 0 Å². The Morgan fingerprint density at radius 1 is 0.552 bits per heavy atom. The summed E-state index contributed by atoms with van der Waals surface area (Å²) in [5, 5.41) is 0. The zero-order chi connectivity index (χ0) is 20.3. The van der Waals surface area contributed by atoms with E-state index in [-0.39, 0.29) is 0 Å². The molecule has 2 aliphatic carbocycles. The summed E-state index contributed by atoms with van der Waals surface area (Å²) in [5.74, 6) is 4.20. The molecule has 0 nitrogen and oxygen atoms in total. The van der Waals surface area contributed by atoms with Crippen LogP contribution >= 0.6 is 0 Å². The Morgan fingerprint density at radius 2 is 1.00 bits per heavy atom. The Balaban J connectivity index is 1.24. The molecule has 0 spiro atoms. The lowest BCUT2D eigenvalue weighted by atomic mass is 9.74. The lowest BCUT2D eigenvalue weighted by molar-refractivity contribution is 0.208. The first-order valence-corrected chi connectivity index (χ1v) is 13.3. The van der Waals surface area contributed by atoms with Gasteiger partial charge < -0.3 is 0 Å². The van der Waals surface area contributed by atoms with Gasteiger partial charge in [0.2, 0.25) is 0 Å². The monoisotopic (exact) mass is 396 g/mol. The van der Waals surface area contributed by atoms with Crippen molar-refractivity contribution in [3.05, 3.63) is 35.4 Å². The molecule has 0 aliphatic heterocycles. The molecular formula is C29H48. The van der Waals surface area contributed by atoms with Gasteiger partial charge >= 0.3 is 0 Å². The highest BCUT2D eigenvalue weighted by Gasteiger charge is 2.24. The van der Waals surface area contributed by atoms with E-state index in [9.17, 15) is 0 Å². The van der Waals surface area contributed by atoms with E-state index in [1.54, 1.807) is 37.7 Å². The summed E-state index contributed by atoms with van der Waals surface area (Å²) in [5.41, 5.74) is 3.02. The molecule has 0 saturated heterocycles. The molecule has 0 N–H and O–H groups in total. The lowest BCUT2D eigenvalue weighted by Crippen LogP contribution is -2.18. The Hall–Kier alpha value is -0.780. The van der Waals surface area contributed by atoms with Gasteiger partial charge in [-0.2, -0.15) is 0 Å². The maximum absolute atomic E-state index is 2.36. The second kappa shape index (κ2) is 12.8. The second-order valence-corrected chi connectivity index (χ2v) is 10.6. The Morgan fingerprint density at radius 3 is 1.48 bits per heavy atom. The third kappa shape index (κ3) is 8.10. The Labute approximate surface area is 182 Å². The van der Waals surface area contributed by atoms with Crippen LogP contribution in [0.3, 0.4) is 0 Å². The van der Waals surface area contributed by atoms with Gasteiger partial charge in [-0.15, -0.1) is 0 Å². The smallest absolute Gasteiger partial charge is 0.0276 e. The molecule has 0 unspecified atom stereocenters. The van der Waals surface area contributed by atoms with Crippen LogP contribution in [0.15, 0.2) is 24.3 Å². The Kier molecular flexibility index (Phi) is 10.1. The fourth-order valence-electron chi connectivity index (χ4n) is 6.08. The van der Waals surface area contributed by atoms with Gasteiger partial charge in [0.15, 0.2) is 0 Å². The number of benzene rings is 1. The summed E-state index contributed by atoms with van der Waals surface area (Å²) < 4.78 is 0. The molecule has 1 aromatic carbocycles. The van der Waals surface area contributed by atoms with Crippen LogP contribution in [0, 0.1) is 23.7 Å². The number of hydrogen-bond donors (Lipinski definition) is 0. The van der Waals surface area contributed by atoms with Gasteiger partial charge in [0.1, 0.15) is 0 Å². The van der Waals surface area contributed by atoms with Gasteiger partial charge in [-0.05, 0) is 54.1 Å². The summed E-state index contributed by atoms with van der Waals surface area (Å²) in [4.78, 5) is 0. The highest BCUT2D eigenvalue weighted by Crippen LogP contribution is 2.38. The first-order chi connectivity index (χ1) is 14.3. The molecular weight excluding hydrogens is 348 g/mol. The maximum Gasteiger partial charge on any atom is -0.0276 e. The van der Waals surface area contributed by atoms with Gasteiger partial charge in [0, 0.05) is 0 Å². The van der Waals surface area contributed by atoms with Crippen molar-refractivity contribution in [3.63, 3.8) is 0 Å². The number of aryl methyl sites for hydroxylation is 2. The first-order valence-electron chi connectivity index (χ1n) is 13.3. The van der Waals surface area contributed by atoms with Crippen molar-refractivity contribution in [3.8, 4) is 0 Å². The van der Waals surface area contributed by atoms with E-state index in [4.69, 9.17) is 0 Å². The predicted molar refractivity (Wildman–Crippen MR) is 128 cm³/mol. The summed E-state index contributed by atoms with van der Waals surface area (Å²) in [6, 6.07) is 9.38. The fraction of sp³-hybridized carbons (Fsp3) is 0.793. The van der Waals surface area contributed by atoms with Crippen LogP contribution in [-0.2, 0) is 12.8 Å². The zero-order valence-corrected chi connectivity index (χ0v) is 19.6. The van der Waals surface area contributed by atoms with E-state index in [0.29, 0.717) is 0 Å². The molecule has 164 valence electrons. The van der Waals surface area contributed by atoms with Crippen LogP contribution < -0.4 is 0 Å². The highest BCUT2D eigenvalue weighted by molar-refractivity contribution is 5.22. The van der Waals surface area contributed by atoms with E-state index in [2.05, 4.69) is 38.1 Å². The zero-order valence-electron chi connectivity index (χ0n) is 19.6. The standard InChI is InChI=1S/C29H48/c1-3-5-6-7-25-12-14-27(15-13-25)18-19-29-22-20-28(21-23-29)17-16-26-10-8-24(4-2)9-11-26/h8-11,25,27-29H,3-7,12-23H2,1-2H3/t25-,27-,28-,29-. The molecule has 0 heteroatoms. The van der Waals surface area contributed by atoms with Gasteiger partial charge in [-0.25, -0.2) is 0 Å². The van der Waals surface area contributed by atoms with Crippen molar-refractivity contribution in [1.29, 1.82) is 0 Å². The average Bonchev–Trinajstić information content (AvgIpc) is 2.78. The van der Waals surface area contributed by atoms with Crippen LogP contribution in [0.5, 0.6) is 0 Å². The van der Waals surface area contributed by atoms with E-state index in [1.807, 2.05) is 0 Å². The molecule has 3 rings (SSSR count). The van der Waals surface area contributed by atoms with Gasteiger partial charge in [0.05, 0.1) is 0 Å². The first kappa shape index (κ1) is 22.9. The topological polar surface area (TPSA) is 0 Å². The largest absolute Gasteiger partial charge is 0.0654 e. The summed E-state index contributed by atoms with van der Waals surface area (Å²) in [6.07, 6.45) is 25.0. The van der Waals surface area contributed by atoms with E-state index in [0.717, 1.165) is 30.1 Å². The van der Waals surface area contributed by atoms with E-state index >= 15 is 0 Å². The molecule has 29 heavy (non-hydrogen) atoms. The van der Waals surface area contributed by atoms with Crippen molar-refractivity contribution >= 4 is 0 Å². The molecule has 0 amide bonds. The number of rotatable bonds is 11. The minimum Gasteiger partial charge on any atom is -0.0654 e. The molecule has 2 aliphatic rings. The van der Waals surface area contributed by atoms with E-state index < -0.39 is 0 Å². The van der Waals surface area contributed by atoms with Crippen molar-refractivity contribution in [2.45, 2.75) is 123 Å². The van der Waals surface area contributed by atoms with Gasteiger partial charge in [0.25, 0.3) is 0 Å². The number of unbranched alkanes of at least 4 members (excludes halogenated alkanes) is 2. The molecule has 0 heterocycles.